The van der Waals surface area contributed by atoms with E-state index in [4.69, 9.17) is 9.47 Å². The average molecular weight is 275 g/mol. The van der Waals surface area contributed by atoms with E-state index in [1.165, 1.54) is 26.4 Å². The third kappa shape index (κ3) is 2.77. The molecule has 0 bridgehead atoms. The lowest BCUT2D eigenvalue weighted by molar-refractivity contribution is -0.141. The van der Waals surface area contributed by atoms with Crippen molar-refractivity contribution in [1.82, 2.24) is 4.98 Å². The number of halogens is 1. The summed E-state index contributed by atoms with van der Waals surface area (Å²) in [5.41, 5.74) is 0.970. The minimum Gasteiger partial charge on any atom is -0.494 e. The van der Waals surface area contributed by atoms with Crippen LogP contribution in [0, 0.1) is 5.82 Å². The average Bonchev–Trinajstić information content (AvgIpc) is 2.48. The largest absolute Gasteiger partial charge is 0.494 e. The zero-order valence-electron chi connectivity index (χ0n) is 11.2. The van der Waals surface area contributed by atoms with Crippen molar-refractivity contribution in [2.45, 2.75) is 5.92 Å². The van der Waals surface area contributed by atoms with Crippen LogP contribution in [0.25, 0.3) is 0 Å². The zero-order chi connectivity index (χ0) is 14.5. The maximum atomic E-state index is 13.8. The lowest BCUT2D eigenvalue weighted by Gasteiger charge is -2.15. The van der Waals surface area contributed by atoms with Crippen LogP contribution in [0.3, 0.4) is 0 Å². The number of ether oxygens (including phenoxy) is 2. The molecule has 0 fully saturated rings. The van der Waals surface area contributed by atoms with Crippen LogP contribution in [0.15, 0.2) is 42.6 Å². The van der Waals surface area contributed by atoms with Crippen LogP contribution in [0.1, 0.15) is 17.2 Å². The first-order valence-electron chi connectivity index (χ1n) is 5.99. The Balaban J connectivity index is 2.47. The summed E-state index contributed by atoms with van der Waals surface area (Å²) in [6.45, 7) is 0. The van der Waals surface area contributed by atoms with Gasteiger partial charge < -0.3 is 9.47 Å². The second-order valence-electron chi connectivity index (χ2n) is 4.10. The van der Waals surface area contributed by atoms with Crippen molar-refractivity contribution in [1.29, 1.82) is 0 Å². The second-order valence-corrected chi connectivity index (χ2v) is 4.10. The quantitative estimate of drug-likeness (QED) is 0.804. The maximum absolute atomic E-state index is 13.8. The number of carbonyl (C=O) groups is 1. The van der Waals surface area contributed by atoms with Crippen molar-refractivity contribution >= 4 is 5.97 Å². The molecule has 1 aromatic heterocycles. The topological polar surface area (TPSA) is 48.4 Å². The van der Waals surface area contributed by atoms with Crippen LogP contribution < -0.4 is 4.74 Å². The Hall–Kier alpha value is -2.43. The number of rotatable bonds is 4. The fourth-order valence-electron chi connectivity index (χ4n) is 1.95. The van der Waals surface area contributed by atoms with Gasteiger partial charge in [0.15, 0.2) is 11.6 Å². The van der Waals surface area contributed by atoms with E-state index in [1.807, 2.05) is 0 Å². The highest BCUT2D eigenvalue weighted by molar-refractivity contribution is 5.81. The Labute approximate surface area is 116 Å². The van der Waals surface area contributed by atoms with E-state index in [0.717, 1.165) is 0 Å². The molecule has 0 saturated heterocycles. The summed E-state index contributed by atoms with van der Waals surface area (Å²) in [7, 11) is 2.67. The van der Waals surface area contributed by atoms with Crippen LogP contribution in [-0.2, 0) is 9.53 Å². The monoisotopic (exact) mass is 275 g/mol. The molecule has 0 radical (unpaired) electrons. The van der Waals surface area contributed by atoms with E-state index in [9.17, 15) is 9.18 Å². The summed E-state index contributed by atoms with van der Waals surface area (Å²) in [5.74, 6) is -1.66. The summed E-state index contributed by atoms with van der Waals surface area (Å²) in [4.78, 5) is 16.1. The SMILES string of the molecule is COC(=O)C(c1ccc(OC)c(F)c1)c1ccccn1. The molecule has 20 heavy (non-hydrogen) atoms. The minimum atomic E-state index is -0.762. The molecule has 1 unspecified atom stereocenters. The molecule has 0 amide bonds. The highest BCUT2D eigenvalue weighted by atomic mass is 19.1. The number of hydrogen-bond donors (Lipinski definition) is 0. The Morgan fingerprint density at radius 2 is 2.05 bits per heavy atom. The van der Waals surface area contributed by atoms with Crippen LogP contribution in [0.5, 0.6) is 5.75 Å². The van der Waals surface area contributed by atoms with E-state index >= 15 is 0 Å². The van der Waals surface area contributed by atoms with Crippen LogP contribution in [-0.4, -0.2) is 25.2 Å². The van der Waals surface area contributed by atoms with E-state index in [1.54, 1.807) is 30.5 Å². The van der Waals surface area contributed by atoms with Gasteiger partial charge in [-0.2, -0.15) is 0 Å². The number of methoxy groups -OCH3 is 2. The van der Waals surface area contributed by atoms with Crippen LogP contribution in [0.2, 0.25) is 0 Å². The van der Waals surface area contributed by atoms with Gasteiger partial charge in [-0.1, -0.05) is 12.1 Å². The second kappa shape index (κ2) is 6.14. The number of nitrogens with zero attached hydrogens (tertiary/aromatic N) is 1. The molecular formula is C15H14FNO3. The molecule has 0 aliphatic heterocycles. The smallest absolute Gasteiger partial charge is 0.319 e. The van der Waals surface area contributed by atoms with Gasteiger partial charge in [-0.3, -0.25) is 9.78 Å². The summed E-state index contributed by atoms with van der Waals surface area (Å²) in [5, 5.41) is 0. The fraction of sp³-hybridized carbons (Fsp3) is 0.200. The van der Waals surface area contributed by atoms with Crippen molar-refractivity contribution in [3.05, 3.63) is 59.7 Å². The number of pyridine rings is 1. The van der Waals surface area contributed by atoms with Crippen molar-refractivity contribution in [2.24, 2.45) is 0 Å². The van der Waals surface area contributed by atoms with E-state index < -0.39 is 17.7 Å². The molecule has 0 saturated carbocycles. The molecule has 1 heterocycles. The minimum absolute atomic E-state index is 0.124. The van der Waals surface area contributed by atoms with E-state index in [-0.39, 0.29) is 5.75 Å². The van der Waals surface area contributed by atoms with Gasteiger partial charge in [0.2, 0.25) is 0 Å². The predicted molar refractivity (Wildman–Crippen MR) is 71.0 cm³/mol. The Morgan fingerprint density at radius 1 is 1.25 bits per heavy atom. The molecule has 0 N–H and O–H groups in total. The Kier molecular flexibility index (Phi) is 4.30. The van der Waals surface area contributed by atoms with Gasteiger partial charge in [-0.15, -0.1) is 0 Å². The fourth-order valence-corrected chi connectivity index (χ4v) is 1.95. The molecule has 1 aromatic carbocycles. The summed E-state index contributed by atoms with van der Waals surface area (Å²) >= 11 is 0. The first-order valence-corrected chi connectivity index (χ1v) is 5.99. The maximum Gasteiger partial charge on any atom is 0.319 e. The Bertz CT molecular complexity index is 601. The van der Waals surface area contributed by atoms with E-state index in [2.05, 4.69) is 4.98 Å². The van der Waals surface area contributed by atoms with E-state index in [0.29, 0.717) is 11.3 Å². The van der Waals surface area contributed by atoms with Gasteiger partial charge in [-0.25, -0.2) is 4.39 Å². The molecule has 0 aliphatic carbocycles. The number of esters is 1. The van der Waals surface area contributed by atoms with Crippen molar-refractivity contribution in [3.63, 3.8) is 0 Å². The third-order valence-electron chi connectivity index (χ3n) is 2.93. The standard InChI is InChI=1S/C15H14FNO3/c1-19-13-7-6-10(9-11(13)16)14(15(18)20-2)12-5-3-4-8-17-12/h3-9,14H,1-2H3. The number of benzene rings is 1. The first kappa shape index (κ1) is 14.0. The number of hydrogen-bond acceptors (Lipinski definition) is 4. The van der Waals surface area contributed by atoms with Gasteiger partial charge in [0.25, 0.3) is 0 Å². The molecule has 4 nitrogen and oxygen atoms in total. The summed E-state index contributed by atoms with van der Waals surface area (Å²) < 4.78 is 23.4. The molecule has 2 rings (SSSR count). The molecule has 0 aliphatic rings. The predicted octanol–water partition coefficient (Wildman–Crippen LogP) is 2.53. The lowest BCUT2D eigenvalue weighted by Crippen LogP contribution is -2.17. The molecular weight excluding hydrogens is 261 g/mol. The van der Waals surface area contributed by atoms with Gasteiger partial charge >= 0.3 is 5.97 Å². The lowest BCUT2D eigenvalue weighted by atomic mass is 9.95. The molecule has 5 heteroatoms. The molecule has 0 spiro atoms. The highest BCUT2D eigenvalue weighted by Gasteiger charge is 2.25. The zero-order valence-corrected chi connectivity index (χ0v) is 11.2. The van der Waals surface area contributed by atoms with Crippen LogP contribution in [0.4, 0.5) is 4.39 Å². The van der Waals surface area contributed by atoms with Gasteiger partial charge in [0, 0.05) is 6.20 Å². The van der Waals surface area contributed by atoms with Crippen molar-refractivity contribution < 1.29 is 18.7 Å². The van der Waals surface area contributed by atoms with Gasteiger partial charge in [-0.05, 0) is 29.8 Å². The summed E-state index contributed by atoms with van der Waals surface area (Å²) in [6, 6.07) is 9.56. The molecule has 1 atom stereocenters. The highest BCUT2D eigenvalue weighted by Crippen LogP contribution is 2.28. The summed E-state index contributed by atoms with van der Waals surface area (Å²) in [6.07, 6.45) is 1.57. The molecule has 104 valence electrons. The number of aromatic nitrogens is 1. The van der Waals surface area contributed by atoms with Gasteiger partial charge in [0.05, 0.1) is 19.9 Å². The number of carbonyl (C=O) groups excluding carboxylic acids is 1. The van der Waals surface area contributed by atoms with Crippen molar-refractivity contribution in [2.75, 3.05) is 14.2 Å². The third-order valence-corrected chi connectivity index (χ3v) is 2.93. The molecule has 2 aromatic rings. The van der Waals surface area contributed by atoms with Crippen LogP contribution >= 0.6 is 0 Å². The normalized spacial score (nSPS) is 11.8. The van der Waals surface area contributed by atoms with Gasteiger partial charge in [0.1, 0.15) is 5.92 Å². The first-order chi connectivity index (χ1) is 9.67. The Morgan fingerprint density at radius 3 is 2.60 bits per heavy atom. The van der Waals surface area contributed by atoms with Crippen molar-refractivity contribution in [3.8, 4) is 5.75 Å².